The number of halogens is 1. The maximum Gasteiger partial charge on any atom is 0.333 e. The molecular weight excluding hydrogens is 246 g/mol. The van der Waals surface area contributed by atoms with Gasteiger partial charge in [-0.1, -0.05) is 17.7 Å². The fraction of sp³-hybridized carbons (Fsp3) is 0.200. The van der Waals surface area contributed by atoms with Crippen LogP contribution in [0, 0.1) is 0 Å². The van der Waals surface area contributed by atoms with Crippen LogP contribution in [0.2, 0.25) is 5.02 Å². The third-order valence-corrected chi connectivity index (χ3v) is 2.11. The Morgan fingerprint density at radius 1 is 1.47 bits per heavy atom. The van der Waals surface area contributed by atoms with Gasteiger partial charge in [0.2, 0.25) is 0 Å². The minimum atomic E-state index is -1.07. The van der Waals surface area contributed by atoms with E-state index in [1.165, 1.54) is 12.1 Å². The predicted octanol–water partition coefficient (Wildman–Crippen LogP) is 1.08. The summed E-state index contributed by atoms with van der Waals surface area (Å²) in [6.45, 7) is -0.367. The fourth-order valence-corrected chi connectivity index (χ4v) is 1.34. The minimum absolute atomic E-state index is 0.367. The van der Waals surface area contributed by atoms with Crippen LogP contribution in [-0.4, -0.2) is 30.7 Å². The highest BCUT2D eigenvalue weighted by Crippen LogP contribution is 2.17. The van der Waals surface area contributed by atoms with E-state index < -0.39 is 12.0 Å². The second kappa shape index (κ2) is 5.95. The molecule has 0 spiro atoms. The van der Waals surface area contributed by atoms with E-state index in [2.05, 4.69) is 10.7 Å². The molecule has 0 bridgehead atoms. The number of hydrogen-bond donors (Lipinski definition) is 3. The van der Waals surface area contributed by atoms with Gasteiger partial charge in [-0.05, 0) is 18.2 Å². The lowest BCUT2D eigenvalue weighted by Crippen LogP contribution is -2.48. The zero-order valence-corrected chi connectivity index (χ0v) is 9.86. The predicted molar refractivity (Wildman–Crippen MR) is 64.0 cm³/mol. The summed E-state index contributed by atoms with van der Waals surface area (Å²) in [5.74, 6) is -1.07. The minimum Gasteiger partial charge on any atom is -0.480 e. The Kier molecular flexibility index (Phi) is 4.59. The van der Waals surface area contributed by atoms with Crippen molar-refractivity contribution in [3.05, 3.63) is 29.3 Å². The van der Waals surface area contributed by atoms with Gasteiger partial charge in [0, 0.05) is 12.1 Å². The molecule has 0 aliphatic rings. The second-order valence-electron chi connectivity index (χ2n) is 3.15. The van der Waals surface area contributed by atoms with Crippen molar-refractivity contribution < 1.29 is 14.7 Å². The van der Waals surface area contributed by atoms with Crippen LogP contribution < -0.4 is 15.8 Å². The van der Waals surface area contributed by atoms with E-state index in [9.17, 15) is 9.59 Å². The first-order chi connectivity index (χ1) is 8.02. The number of nitrogens with zero attached hydrogens (tertiary/aromatic N) is 1. The molecule has 3 N–H and O–H groups in total. The first-order valence-corrected chi connectivity index (χ1v) is 5.14. The lowest BCUT2D eigenvalue weighted by atomic mass is 10.3. The normalized spacial score (nSPS) is 9.53. The second-order valence-corrected chi connectivity index (χ2v) is 3.59. The van der Waals surface area contributed by atoms with Crippen LogP contribution in [0.15, 0.2) is 24.3 Å². The standard InChI is InChI=1S/C10H12ClN3O3/c1-12-10(17)13-14(6-9(15)16)8-4-2-3-7(11)5-8/h2-5H,6H2,1H3,(H,15,16)(H2,12,13,17). The van der Waals surface area contributed by atoms with Crippen molar-refractivity contribution in [3.8, 4) is 0 Å². The van der Waals surface area contributed by atoms with E-state index >= 15 is 0 Å². The molecule has 2 amide bonds. The topological polar surface area (TPSA) is 81.7 Å². The third kappa shape index (κ3) is 4.20. The van der Waals surface area contributed by atoms with E-state index in [1.807, 2.05) is 0 Å². The summed E-state index contributed by atoms with van der Waals surface area (Å²) in [5, 5.41) is 12.7. The van der Waals surface area contributed by atoms with Crippen LogP contribution in [0.25, 0.3) is 0 Å². The van der Waals surface area contributed by atoms with Crippen molar-refractivity contribution in [1.29, 1.82) is 0 Å². The number of hydrazine groups is 1. The van der Waals surface area contributed by atoms with Crippen LogP contribution in [0.4, 0.5) is 10.5 Å². The number of amides is 2. The van der Waals surface area contributed by atoms with E-state index in [4.69, 9.17) is 16.7 Å². The molecule has 0 atom stereocenters. The first kappa shape index (κ1) is 13.1. The van der Waals surface area contributed by atoms with Crippen molar-refractivity contribution in [2.75, 3.05) is 18.6 Å². The maximum atomic E-state index is 11.2. The number of carbonyl (C=O) groups is 2. The number of urea groups is 1. The van der Waals surface area contributed by atoms with Crippen molar-refractivity contribution in [3.63, 3.8) is 0 Å². The van der Waals surface area contributed by atoms with Gasteiger partial charge in [0.1, 0.15) is 6.54 Å². The Balaban J connectivity index is 2.89. The number of anilines is 1. The van der Waals surface area contributed by atoms with Gasteiger partial charge in [0.05, 0.1) is 5.69 Å². The molecule has 0 aliphatic carbocycles. The average molecular weight is 258 g/mol. The Bertz CT molecular complexity index is 425. The molecule has 1 aromatic rings. The van der Waals surface area contributed by atoms with Crippen LogP contribution in [0.1, 0.15) is 0 Å². The van der Waals surface area contributed by atoms with E-state index in [1.54, 1.807) is 24.3 Å². The van der Waals surface area contributed by atoms with Crippen molar-refractivity contribution >= 4 is 29.3 Å². The zero-order chi connectivity index (χ0) is 12.8. The quantitative estimate of drug-likeness (QED) is 0.705. The van der Waals surface area contributed by atoms with Gasteiger partial charge < -0.3 is 10.4 Å². The Hall–Kier alpha value is -1.95. The summed E-state index contributed by atoms with van der Waals surface area (Å²) in [7, 11) is 1.44. The first-order valence-electron chi connectivity index (χ1n) is 4.76. The Morgan fingerprint density at radius 2 is 2.18 bits per heavy atom. The summed E-state index contributed by atoms with van der Waals surface area (Å²) < 4.78 is 0. The van der Waals surface area contributed by atoms with Crippen molar-refractivity contribution in [2.24, 2.45) is 0 Å². The summed E-state index contributed by atoms with van der Waals surface area (Å²) >= 11 is 5.79. The number of nitrogens with one attached hydrogen (secondary N) is 2. The molecule has 92 valence electrons. The molecule has 0 fully saturated rings. The fourth-order valence-electron chi connectivity index (χ4n) is 1.15. The molecule has 0 unspecified atom stereocenters. The Morgan fingerprint density at radius 3 is 2.71 bits per heavy atom. The van der Waals surface area contributed by atoms with Gasteiger partial charge in [-0.15, -0.1) is 0 Å². The maximum absolute atomic E-state index is 11.2. The highest BCUT2D eigenvalue weighted by atomic mass is 35.5. The lowest BCUT2D eigenvalue weighted by molar-refractivity contribution is -0.135. The number of rotatable bonds is 4. The molecule has 0 saturated carbocycles. The van der Waals surface area contributed by atoms with E-state index in [-0.39, 0.29) is 6.54 Å². The highest BCUT2D eigenvalue weighted by Gasteiger charge is 2.13. The number of hydrogen-bond acceptors (Lipinski definition) is 3. The van der Waals surface area contributed by atoms with Gasteiger partial charge >= 0.3 is 12.0 Å². The summed E-state index contributed by atoms with van der Waals surface area (Å²) in [5.41, 5.74) is 2.87. The van der Waals surface area contributed by atoms with Crippen LogP contribution in [0.3, 0.4) is 0 Å². The smallest absolute Gasteiger partial charge is 0.333 e. The summed E-state index contributed by atoms with van der Waals surface area (Å²) in [6, 6.07) is 6.01. The molecule has 6 nitrogen and oxygen atoms in total. The summed E-state index contributed by atoms with van der Waals surface area (Å²) in [4.78, 5) is 21.9. The van der Waals surface area contributed by atoms with Gasteiger partial charge in [0.15, 0.2) is 0 Å². The molecule has 0 radical (unpaired) electrons. The third-order valence-electron chi connectivity index (χ3n) is 1.88. The van der Waals surface area contributed by atoms with E-state index in [0.717, 1.165) is 0 Å². The van der Waals surface area contributed by atoms with E-state index in [0.29, 0.717) is 10.7 Å². The molecule has 0 aromatic heterocycles. The molecule has 0 aliphatic heterocycles. The molecule has 7 heteroatoms. The Labute approximate surface area is 103 Å². The van der Waals surface area contributed by atoms with Crippen LogP contribution in [0.5, 0.6) is 0 Å². The number of carboxylic acid groups (broad SMARTS) is 1. The largest absolute Gasteiger partial charge is 0.480 e. The molecule has 0 heterocycles. The van der Waals surface area contributed by atoms with Crippen molar-refractivity contribution in [1.82, 2.24) is 10.7 Å². The molecular formula is C10H12ClN3O3. The monoisotopic (exact) mass is 257 g/mol. The molecule has 0 saturated heterocycles. The average Bonchev–Trinajstić information content (AvgIpc) is 2.27. The lowest BCUT2D eigenvalue weighted by Gasteiger charge is -2.23. The van der Waals surface area contributed by atoms with Crippen molar-refractivity contribution in [2.45, 2.75) is 0 Å². The van der Waals surface area contributed by atoms with Gasteiger partial charge in [-0.2, -0.15) is 0 Å². The van der Waals surface area contributed by atoms with Crippen LogP contribution >= 0.6 is 11.6 Å². The van der Waals surface area contributed by atoms with Gasteiger partial charge in [-0.25, -0.2) is 10.2 Å². The van der Waals surface area contributed by atoms with Crippen LogP contribution in [-0.2, 0) is 4.79 Å². The zero-order valence-electron chi connectivity index (χ0n) is 9.11. The summed E-state index contributed by atoms with van der Waals surface area (Å²) in [6.07, 6.45) is 0. The number of carbonyl (C=O) groups excluding carboxylic acids is 1. The number of benzene rings is 1. The number of carboxylic acids is 1. The molecule has 1 aromatic carbocycles. The molecule has 17 heavy (non-hydrogen) atoms. The number of aliphatic carboxylic acids is 1. The molecule has 1 rings (SSSR count). The SMILES string of the molecule is CNC(=O)NN(CC(=O)O)c1cccc(Cl)c1. The van der Waals surface area contributed by atoms with Gasteiger partial charge in [-0.3, -0.25) is 9.80 Å². The van der Waals surface area contributed by atoms with Gasteiger partial charge in [0.25, 0.3) is 0 Å². The highest BCUT2D eigenvalue weighted by molar-refractivity contribution is 6.30.